The molecule has 0 atom stereocenters. The summed E-state index contributed by atoms with van der Waals surface area (Å²) in [6.07, 6.45) is 6.21. The number of hydrogen-bond donors (Lipinski definition) is 1. The summed E-state index contributed by atoms with van der Waals surface area (Å²) in [7, 11) is 0. The minimum atomic E-state index is -0.225. The highest BCUT2D eigenvalue weighted by atomic mass is 35.5. The second-order valence-corrected chi connectivity index (χ2v) is 7.17. The van der Waals surface area contributed by atoms with E-state index < -0.39 is 0 Å². The predicted octanol–water partition coefficient (Wildman–Crippen LogP) is 3.23. The van der Waals surface area contributed by atoms with Gasteiger partial charge >= 0.3 is 0 Å². The second kappa shape index (κ2) is 9.14. The molecular weight excluding hydrogens is 350 g/mol. The van der Waals surface area contributed by atoms with Gasteiger partial charge in [-0.15, -0.1) is 5.10 Å². The monoisotopic (exact) mass is 375 g/mol. The zero-order valence-electron chi connectivity index (χ0n) is 15.2. The van der Waals surface area contributed by atoms with Crippen LogP contribution in [0, 0.1) is 6.92 Å². The predicted molar refractivity (Wildman–Crippen MR) is 103 cm³/mol. The molecule has 1 saturated heterocycles. The number of nitrogens with zero attached hydrogens (tertiary/aromatic N) is 4. The van der Waals surface area contributed by atoms with Crippen molar-refractivity contribution in [3.63, 3.8) is 0 Å². The molecule has 0 unspecified atom stereocenters. The van der Waals surface area contributed by atoms with Gasteiger partial charge in [-0.25, -0.2) is 9.67 Å². The van der Waals surface area contributed by atoms with Gasteiger partial charge in [0.1, 0.15) is 5.82 Å². The molecule has 0 saturated carbocycles. The van der Waals surface area contributed by atoms with Crippen LogP contribution in [0.5, 0.6) is 0 Å². The third-order valence-electron chi connectivity index (χ3n) is 4.68. The molecule has 1 fully saturated rings. The zero-order valence-corrected chi connectivity index (χ0v) is 16.0. The Hall–Kier alpha value is -1.92. The fraction of sp³-hybridized carbons (Fsp3) is 0.526. The fourth-order valence-electron chi connectivity index (χ4n) is 3.26. The lowest BCUT2D eigenvalue weighted by Crippen LogP contribution is -2.31. The van der Waals surface area contributed by atoms with E-state index >= 15 is 0 Å². The summed E-state index contributed by atoms with van der Waals surface area (Å²) in [4.78, 5) is 19.1. The molecule has 3 rings (SSSR count). The van der Waals surface area contributed by atoms with Gasteiger partial charge in [0.15, 0.2) is 0 Å². The van der Waals surface area contributed by atoms with Gasteiger partial charge in [-0.1, -0.05) is 24.4 Å². The highest BCUT2D eigenvalue weighted by molar-refractivity contribution is 6.30. The maximum atomic E-state index is 12.3. The summed E-state index contributed by atoms with van der Waals surface area (Å²) in [6.45, 7) is 5.87. The minimum Gasteiger partial charge on any atom is -0.349 e. The maximum Gasteiger partial charge on any atom is 0.290 e. The van der Waals surface area contributed by atoms with E-state index in [1.54, 1.807) is 16.8 Å². The van der Waals surface area contributed by atoms with Crippen molar-refractivity contribution in [1.82, 2.24) is 25.0 Å². The molecule has 140 valence electrons. The highest BCUT2D eigenvalue weighted by Crippen LogP contribution is 2.14. The first-order valence-electron chi connectivity index (χ1n) is 9.33. The first kappa shape index (κ1) is 18.9. The van der Waals surface area contributed by atoms with Gasteiger partial charge in [0.25, 0.3) is 5.91 Å². The number of amides is 1. The normalized spacial score (nSPS) is 15.6. The summed E-state index contributed by atoms with van der Waals surface area (Å²) < 4.78 is 1.66. The van der Waals surface area contributed by atoms with Gasteiger partial charge < -0.3 is 10.2 Å². The average Bonchev–Trinajstić information content (AvgIpc) is 2.85. The van der Waals surface area contributed by atoms with Crippen LogP contribution in [0.4, 0.5) is 0 Å². The SMILES string of the molecule is Cc1nc(C(=O)NCCCN2CCCCCC2)nn1-c1ccc(Cl)cc1. The van der Waals surface area contributed by atoms with Crippen molar-refractivity contribution in [3.05, 3.63) is 40.9 Å². The number of halogens is 1. The van der Waals surface area contributed by atoms with Crippen LogP contribution in [0.25, 0.3) is 5.69 Å². The number of carbonyl (C=O) groups excluding carboxylic acids is 1. The molecule has 26 heavy (non-hydrogen) atoms. The lowest BCUT2D eigenvalue weighted by atomic mass is 10.2. The molecule has 1 aromatic carbocycles. The molecule has 6 nitrogen and oxygen atoms in total. The standard InChI is InChI=1S/C19H26ClN5O/c1-15-22-18(23-25(15)17-9-7-16(20)8-10-17)19(26)21-11-6-14-24-12-4-2-3-5-13-24/h7-10H,2-6,11-14H2,1H3,(H,21,26). The molecule has 0 spiro atoms. The average molecular weight is 376 g/mol. The van der Waals surface area contributed by atoms with Crippen LogP contribution >= 0.6 is 11.6 Å². The Bertz CT molecular complexity index is 720. The number of nitrogens with one attached hydrogen (secondary N) is 1. The Morgan fingerprint density at radius 3 is 2.54 bits per heavy atom. The van der Waals surface area contributed by atoms with E-state index in [1.165, 1.54) is 38.8 Å². The Morgan fingerprint density at radius 2 is 1.85 bits per heavy atom. The van der Waals surface area contributed by atoms with Crippen molar-refractivity contribution in [1.29, 1.82) is 0 Å². The topological polar surface area (TPSA) is 63.1 Å². The molecule has 1 aliphatic rings. The number of hydrogen-bond acceptors (Lipinski definition) is 4. The molecule has 1 aromatic heterocycles. The molecular formula is C19H26ClN5O. The summed E-state index contributed by atoms with van der Waals surface area (Å²) in [5.74, 6) is 0.644. The number of carbonyl (C=O) groups is 1. The number of aromatic nitrogens is 3. The molecule has 1 amide bonds. The molecule has 0 aliphatic carbocycles. The first-order valence-corrected chi connectivity index (χ1v) is 9.71. The molecule has 1 aliphatic heterocycles. The molecule has 7 heteroatoms. The van der Waals surface area contributed by atoms with Crippen molar-refractivity contribution in [3.8, 4) is 5.69 Å². The molecule has 0 radical (unpaired) electrons. The van der Waals surface area contributed by atoms with E-state index in [0.29, 0.717) is 17.4 Å². The van der Waals surface area contributed by atoms with Gasteiger partial charge in [-0.2, -0.15) is 0 Å². The van der Waals surface area contributed by atoms with Crippen molar-refractivity contribution < 1.29 is 4.79 Å². The highest BCUT2D eigenvalue weighted by Gasteiger charge is 2.15. The Kier molecular flexibility index (Phi) is 6.63. The number of aryl methyl sites for hydroxylation is 1. The van der Waals surface area contributed by atoms with E-state index in [-0.39, 0.29) is 11.7 Å². The van der Waals surface area contributed by atoms with Gasteiger partial charge in [-0.3, -0.25) is 4.79 Å². The smallest absolute Gasteiger partial charge is 0.290 e. The van der Waals surface area contributed by atoms with Crippen LogP contribution in [0.3, 0.4) is 0 Å². The Morgan fingerprint density at radius 1 is 1.15 bits per heavy atom. The fourth-order valence-corrected chi connectivity index (χ4v) is 3.38. The molecule has 2 heterocycles. The zero-order chi connectivity index (χ0) is 18.4. The van der Waals surface area contributed by atoms with Crippen molar-refractivity contribution in [2.75, 3.05) is 26.2 Å². The number of likely N-dealkylation sites (tertiary alicyclic amines) is 1. The van der Waals surface area contributed by atoms with Gasteiger partial charge in [0.05, 0.1) is 5.69 Å². The lowest BCUT2D eigenvalue weighted by molar-refractivity contribution is 0.0941. The van der Waals surface area contributed by atoms with Crippen LogP contribution in [0.2, 0.25) is 5.02 Å². The number of rotatable bonds is 6. The molecule has 0 bridgehead atoms. The van der Waals surface area contributed by atoms with Crippen LogP contribution in [-0.4, -0.2) is 51.8 Å². The van der Waals surface area contributed by atoms with Crippen LogP contribution < -0.4 is 5.32 Å². The van der Waals surface area contributed by atoms with Crippen LogP contribution in [0.1, 0.15) is 48.5 Å². The quantitative estimate of drug-likeness (QED) is 0.787. The van der Waals surface area contributed by atoms with E-state index in [4.69, 9.17) is 11.6 Å². The summed E-state index contributed by atoms with van der Waals surface area (Å²) in [5, 5.41) is 7.92. The second-order valence-electron chi connectivity index (χ2n) is 6.74. The largest absolute Gasteiger partial charge is 0.349 e. The van der Waals surface area contributed by atoms with E-state index in [1.807, 2.05) is 19.1 Å². The van der Waals surface area contributed by atoms with E-state index in [2.05, 4.69) is 20.3 Å². The lowest BCUT2D eigenvalue weighted by Gasteiger charge is -2.19. The maximum absolute atomic E-state index is 12.3. The summed E-state index contributed by atoms with van der Waals surface area (Å²) in [6, 6.07) is 7.29. The van der Waals surface area contributed by atoms with Crippen LogP contribution in [0.15, 0.2) is 24.3 Å². The van der Waals surface area contributed by atoms with E-state index in [9.17, 15) is 4.79 Å². The first-order chi connectivity index (χ1) is 12.6. The third kappa shape index (κ3) is 5.05. The van der Waals surface area contributed by atoms with Crippen molar-refractivity contribution in [2.45, 2.75) is 39.0 Å². The molecule has 1 N–H and O–H groups in total. The Labute approximate surface area is 159 Å². The third-order valence-corrected chi connectivity index (χ3v) is 4.93. The van der Waals surface area contributed by atoms with E-state index in [0.717, 1.165) is 18.7 Å². The van der Waals surface area contributed by atoms with Gasteiger partial charge in [0.2, 0.25) is 5.82 Å². The van der Waals surface area contributed by atoms with Crippen molar-refractivity contribution >= 4 is 17.5 Å². The van der Waals surface area contributed by atoms with Gasteiger partial charge in [0, 0.05) is 11.6 Å². The van der Waals surface area contributed by atoms with Gasteiger partial charge in [-0.05, 0) is 70.1 Å². The Balaban J connectivity index is 1.50. The molecule has 2 aromatic rings. The van der Waals surface area contributed by atoms with Crippen LogP contribution in [-0.2, 0) is 0 Å². The number of benzene rings is 1. The summed E-state index contributed by atoms with van der Waals surface area (Å²) >= 11 is 5.92. The van der Waals surface area contributed by atoms with Crippen molar-refractivity contribution in [2.24, 2.45) is 0 Å². The summed E-state index contributed by atoms with van der Waals surface area (Å²) in [5.41, 5.74) is 0.833. The minimum absolute atomic E-state index is 0.201.